The van der Waals surface area contributed by atoms with E-state index in [1.165, 1.54) is 11.1 Å². The second-order valence-corrected chi connectivity index (χ2v) is 7.39. The molecule has 1 N–H and O–H groups in total. The summed E-state index contributed by atoms with van der Waals surface area (Å²) in [6, 6.07) is 14.7. The van der Waals surface area contributed by atoms with Crippen molar-refractivity contribution in [2.24, 2.45) is 5.92 Å². The zero-order valence-electron chi connectivity index (χ0n) is 15.9. The highest BCUT2D eigenvalue weighted by Crippen LogP contribution is 2.26. The van der Waals surface area contributed by atoms with E-state index in [0.717, 1.165) is 62.9 Å². The standard InChI is InChI=1S/C22H27N3O2/c1-17-7-8-21(27-17)22-20(13-23-24-22)16-25(14-18-5-3-2-4-6-18)15-19-9-11-26-12-10-19/h2-8,13,19H,9-12,14-16H2,1H3,(H,23,24). The van der Waals surface area contributed by atoms with Gasteiger partial charge in [-0.3, -0.25) is 10.00 Å². The summed E-state index contributed by atoms with van der Waals surface area (Å²) in [5.41, 5.74) is 3.49. The molecule has 2 aromatic heterocycles. The first-order valence-corrected chi connectivity index (χ1v) is 9.71. The fourth-order valence-electron chi connectivity index (χ4n) is 3.77. The minimum Gasteiger partial charge on any atom is -0.460 e. The van der Waals surface area contributed by atoms with Crippen molar-refractivity contribution in [3.63, 3.8) is 0 Å². The summed E-state index contributed by atoms with van der Waals surface area (Å²) in [5.74, 6) is 2.45. The molecule has 142 valence electrons. The van der Waals surface area contributed by atoms with Gasteiger partial charge in [0.2, 0.25) is 0 Å². The second-order valence-electron chi connectivity index (χ2n) is 7.39. The summed E-state index contributed by atoms with van der Waals surface area (Å²) in [6.07, 6.45) is 4.21. The molecule has 1 aliphatic rings. The number of nitrogens with zero attached hydrogens (tertiary/aromatic N) is 2. The lowest BCUT2D eigenvalue weighted by molar-refractivity contribution is 0.0502. The summed E-state index contributed by atoms with van der Waals surface area (Å²) in [5, 5.41) is 7.40. The number of nitrogens with one attached hydrogen (secondary N) is 1. The smallest absolute Gasteiger partial charge is 0.152 e. The zero-order valence-corrected chi connectivity index (χ0v) is 15.9. The molecule has 1 saturated heterocycles. The minimum atomic E-state index is 0.684. The maximum Gasteiger partial charge on any atom is 0.152 e. The molecule has 0 unspecified atom stereocenters. The molecule has 0 bridgehead atoms. The van der Waals surface area contributed by atoms with E-state index in [9.17, 15) is 0 Å². The number of benzene rings is 1. The number of H-pyrrole nitrogens is 1. The Kier molecular flexibility index (Phi) is 5.70. The summed E-state index contributed by atoms with van der Waals surface area (Å²) in [7, 11) is 0. The molecule has 4 rings (SSSR count). The van der Waals surface area contributed by atoms with Crippen LogP contribution in [0.1, 0.15) is 29.7 Å². The van der Waals surface area contributed by atoms with Gasteiger partial charge in [-0.1, -0.05) is 30.3 Å². The number of aromatic nitrogens is 2. The molecule has 1 aromatic carbocycles. The lowest BCUT2D eigenvalue weighted by atomic mass is 9.99. The molecule has 5 nitrogen and oxygen atoms in total. The van der Waals surface area contributed by atoms with Gasteiger partial charge < -0.3 is 9.15 Å². The van der Waals surface area contributed by atoms with E-state index >= 15 is 0 Å². The van der Waals surface area contributed by atoms with Crippen LogP contribution in [0.15, 0.2) is 53.1 Å². The summed E-state index contributed by atoms with van der Waals surface area (Å²) in [6.45, 7) is 6.57. The van der Waals surface area contributed by atoms with Crippen molar-refractivity contribution in [3.8, 4) is 11.5 Å². The predicted octanol–water partition coefficient (Wildman–Crippen LogP) is 4.41. The monoisotopic (exact) mass is 365 g/mol. The topological polar surface area (TPSA) is 54.3 Å². The van der Waals surface area contributed by atoms with Gasteiger partial charge in [0.25, 0.3) is 0 Å². The van der Waals surface area contributed by atoms with Crippen LogP contribution in [0.5, 0.6) is 0 Å². The fourth-order valence-corrected chi connectivity index (χ4v) is 3.77. The van der Waals surface area contributed by atoms with Gasteiger partial charge in [0.05, 0.1) is 6.20 Å². The Bertz CT molecular complexity index is 834. The fraction of sp³-hybridized carbons (Fsp3) is 0.409. The van der Waals surface area contributed by atoms with Crippen molar-refractivity contribution in [1.82, 2.24) is 15.1 Å². The van der Waals surface area contributed by atoms with E-state index in [1.54, 1.807) is 0 Å². The van der Waals surface area contributed by atoms with Crippen LogP contribution < -0.4 is 0 Å². The molecule has 27 heavy (non-hydrogen) atoms. The predicted molar refractivity (Wildman–Crippen MR) is 105 cm³/mol. The quantitative estimate of drug-likeness (QED) is 0.674. The normalized spacial score (nSPS) is 15.5. The summed E-state index contributed by atoms with van der Waals surface area (Å²) >= 11 is 0. The van der Waals surface area contributed by atoms with Crippen LogP contribution in [-0.4, -0.2) is 34.9 Å². The van der Waals surface area contributed by atoms with Crippen LogP contribution in [-0.2, 0) is 17.8 Å². The molecule has 5 heteroatoms. The summed E-state index contributed by atoms with van der Waals surface area (Å²) < 4.78 is 11.4. The first-order chi connectivity index (χ1) is 13.3. The van der Waals surface area contributed by atoms with Crippen LogP contribution in [0.25, 0.3) is 11.5 Å². The molecule has 1 fully saturated rings. The zero-order chi connectivity index (χ0) is 18.5. The summed E-state index contributed by atoms with van der Waals surface area (Å²) in [4.78, 5) is 2.52. The molecule has 0 spiro atoms. The third-order valence-electron chi connectivity index (χ3n) is 5.20. The molecular weight excluding hydrogens is 338 g/mol. The first-order valence-electron chi connectivity index (χ1n) is 9.71. The van der Waals surface area contributed by atoms with E-state index in [-0.39, 0.29) is 0 Å². The van der Waals surface area contributed by atoms with E-state index in [0.29, 0.717) is 5.92 Å². The van der Waals surface area contributed by atoms with Crippen LogP contribution in [0.2, 0.25) is 0 Å². The Morgan fingerprint density at radius 3 is 2.63 bits per heavy atom. The van der Waals surface area contributed by atoms with Crippen molar-refractivity contribution in [2.45, 2.75) is 32.9 Å². The molecule has 0 saturated carbocycles. The van der Waals surface area contributed by atoms with Gasteiger partial charge >= 0.3 is 0 Å². The Hall–Kier alpha value is -2.37. The first kappa shape index (κ1) is 18.0. The molecule has 0 atom stereocenters. The Balaban J connectivity index is 1.52. The second kappa shape index (κ2) is 8.55. The van der Waals surface area contributed by atoms with Crippen LogP contribution in [0.3, 0.4) is 0 Å². The van der Waals surface area contributed by atoms with E-state index < -0.39 is 0 Å². The van der Waals surface area contributed by atoms with Crippen LogP contribution in [0, 0.1) is 12.8 Å². The van der Waals surface area contributed by atoms with Crippen molar-refractivity contribution in [3.05, 3.63) is 65.5 Å². The molecule has 0 aliphatic carbocycles. The lowest BCUT2D eigenvalue weighted by Gasteiger charge is -2.30. The minimum absolute atomic E-state index is 0.684. The van der Waals surface area contributed by atoms with Gasteiger partial charge in [-0.25, -0.2) is 0 Å². The maximum atomic E-state index is 5.81. The third-order valence-corrected chi connectivity index (χ3v) is 5.20. The van der Waals surface area contributed by atoms with Gasteiger partial charge in [-0.2, -0.15) is 5.10 Å². The number of ether oxygens (including phenoxy) is 1. The van der Waals surface area contributed by atoms with Crippen molar-refractivity contribution < 1.29 is 9.15 Å². The number of hydrogen-bond acceptors (Lipinski definition) is 4. The number of aromatic amines is 1. The van der Waals surface area contributed by atoms with Crippen LogP contribution in [0.4, 0.5) is 0 Å². The molecule has 0 amide bonds. The Labute approximate surface area is 160 Å². The lowest BCUT2D eigenvalue weighted by Crippen LogP contribution is -2.32. The number of hydrogen-bond donors (Lipinski definition) is 1. The SMILES string of the molecule is Cc1ccc(-c2[nH]ncc2CN(Cc2ccccc2)CC2CCOCC2)o1. The largest absolute Gasteiger partial charge is 0.460 e. The van der Waals surface area contributed by atoms with Crippen molar-refractivity contribution in [2.75, 3.05) is 19.8 Å². The van der Waals surface area contributed by atoms with Crippen LogP contribution >= 0.6 is 0 Å². The highest BCUT2D eigenvalue weighted by molar-refractivity contribution is 5.56. The van der Waals surface area contributed by atoms with E-state index in [2.05, 4.69) is 45.4 Å². The van der Waals surface area contributed by atoms with Gasteiger partial charge in [-0.05, 0) is 43.4 Å². The molecule has 3 aromatic rings. The van der Waals surface area contributed by atoms with E-state index in [4.69, 9.17) is 9.15 Å². The number of rotatable bonds is 7. The van der Waals surface area contributed by atoms with Gasteiger partial charge in [0.1, 0.15) is 11.5 Å². The number of furan rings is 1. The Morgan fingerprint density at radius 1 is 1.07 bits per heavy atom. The maximum absolute atomic E-state index is 5.81. The average Bonchev–Trinajstić information content (AvgIpc) is 3.32. The van der Waals surface area contributed by atoms with Crippen molar-refractivity contribution >= 4 is 0 Å². The van der Waals surface area contributed by atoms with Gasteiger partial charge in [0, 0.05) is 38.4 Å². The highest BCUT2D eigenvalue weighted by Gasteiger charge is 2.20. The highest BCUT2D eigenvalue weighted by atomic mass is 16.5. The molecule has 3 heterocycles. The van der Waals surface area contributed by atoms with Gasteiger partial charge in [0.15, 0.2) is 5.76 Å². The average molecular weight is 365 g/mol. The van der Waals surface area contributed by atoms with E-state index in [1.807, 2.05) is 25.3 Å². The molecule has 1 aliphatic heterocycles. The molecular formula is C22H27N3O2. The van der Waals surface area contributed by atoms with Crippen molar-refractivity contribution in [1.29, 1.82) is 0 Å². The molecule has 0 radical (unpaired) electrons. The third kappa shape index (κ3) is 4.67. The Morgan fingerprint density at radius 2 is 1.89 bits per heavy atom. The number of aryl methyl sites for hydroxylation is 1. The van der Waals surface area contributed by atoms with Gasteiger partial charge in [-0.15, -0.1) is 0 Å².